The summed E-state index contributed by atoms with van der Waals surface area (Å²) in [6.07, 6.45) is -1.02. The van der Waals surface area contributed by atoms with Crippen molar-refractivity contribution in [1.82, 2.24) is 5.32 Å². The lowest BCUT2D eigenvalue weighted by molar-refractivity contribution is -0.145. The number of halogens is 2. The van der Waals surface area contributed by atoms with Crippen molar-refractivity contribution in [2.45, 2.75) is 26.0 Å². The van der Waals surface area contributed by atoms with Gasteiger partial charge in [0.05, 0.1) is 19.1 Å². The summed E-state index contributed by atoms with van der Waals surface area (Å²) in [6, 6.07) is 3.29. The first kappa shape index (κ1) is 15.5. The van der Waals surface area contributed by atoms with E-state index in [1.165, 1.54) is 6.07 Å². The van der Waals surface area contributed by atoms with E-state index in [-0.39, 0.29) is 26.1 Å². The van der Waals surface area contributed by atoms with Crippen LogP contribution in [0.1, 0.15) is 18.9 Å². The van der Waals surface area contributed by atoms with E-state index in [2.05, 4.69) is 10.1 Å². The predicted molar refractivity (Wildman–Crippen MR) is 65.3 cm³/mol. The van der Waals surface area contributed by atoms with Crippen LogP contribution in [0.2, 0.25) is 0 Å². The molecule has 0 heterocycles. The molecule has 0 aliphatic heterocycles. The number of aliphatic hydroxyl groups is 1. The molecule has 1 aromatic rings. The SMILES string of the molecule is CCOC(=O)CC(O)CNCc1ccc(F)cc1F. The number of ether oxygens (including phenoxy) is 1. The lowest BCUT2D eigenvalue weighted by atomic mass is 10.2. The molecule has 0 aromatic heterocycles. The Morgan fingerprint density at radius 1 is 1.47 bits per heavy atom. The fourth-order valence-corrected chi connectivity index (χ4v) is 1.52. The van der Waals surface area contributed by atoms with Crippen molar-refractivity contribution < 1.29 is 23.4 Å². The predicted octanol–water partition coefficient (Wildman–Crippen LogP) is 1.37. The Kier molecular flexibility index (Phi) is 6.38. The average Bonchev–Trinajstić information content (AvgIpc) is 2.32. The minimum absolute atomic E-state index is 0.118. The molecule has 0 saturated heterocycles. The Morgan fingerprint density at radius 2 is 2.21 bits per heavy atom. The van der Waals surface area contributed by atoms with Crippen molar-refractivity contribution in [2.75, 3.05) is 13.2 Å². The number of hydrogen-bond acceptors (Lipinski definition) is 4. The van der Waals surface area contributed by atoms with Gasteiger partial charge in [-0.1, -0.05) is 6.07 Å². The molecule has 1 atom stereocenters. The normalized spacial score (nSPS) is 12.2. The fourth-order valence-electron chi connectivity index (χ4n) is 1.52. The molecule has 0 aliphatic carbocycles. The van der Waals surface area contributed by atoms with E-state index in [9.17, 15) is 18.7 Å². The maximum absolute atomic E-state index is 13.3. The standard InChI is InChI=1S/C13H17F2NO3/c1-2-19-13(18)6-11(17)8-16-7-9-3-4-10(14)5-12(9)15/h3-5,11,16-17H,2,6-8H2,1H3. The molecule has 106 valence electrons. The van der Waals surface area contributed by atoms with Crippen molar-refractivity contribution in [2.24, 2.45) is 0 Å². The van der Waals surface area contributed by atoms with E-state index in [1.807, 2.05) is 0 Å². The van der Waals surface area contributed by atoms with Gasteiger partial charge in [0.1, 0.15) is 11.6 Å². The number of benzene rings is 1. The average molecular weight is 273 g/mol. The van der Waals surface area contributed by atoms with Crippen LogP contribution in [0.3, 0.4) is 0 Å². The molecule has 2 N–H and O–H groups in total. The van der Waals surface area contributed by atoms with Crippen molar-refractivity contribution in [3.8, 4) is 0 Å². The number of esters is 1. The summed E-state index contributed by atoms with van der Waals surface area (Å²) in [7, 11) is 0. The minimum atomic E-state index is -0.900. The summed E-state index contributed by atoms with van der Waals surface area (Å²) in [5, 5.41) is 12.3. The molecule has 0 bridgehead atoms. The van der Waals surface area contributed by atoms with E-state index in [4.69, 9.17) is 0 Å². The third-order valence-electron chi connectivity index (χ3n) is 2.42. The monoisotopic (exact) mass is 273 g/mol. The van der Waals surface area contributed by atoms with Gasteiger partial charge in [0, 0.05) is 24.7 Å². The van der Waals surface area contributed by atoms with Gasteiger partial charge in [-0.2, -0.15) is 0 Å². The van der Waals surface area contributed by atoms with Crippen LogP contribution in [-0.4, -0.2) is 30.3 Å². The Hall–Kier alpha value is -1.53. The maximum atomic E-state index is 13.3. The first-order chi connectivity index (χ1) is 9.02. The van der Waals surface area contributed by atoms with Gasteiger partial charge >= 0.3 is 5.97 Å². The zero-order chi connectivity index (χ0) is 14.3. The van der Waals surface area contributed by atoms with Crippen LogP contribution in [0, 0.1) is 11.6 Å². The molecule has 0 amide bonds. The number of aliphatic hydroxyl groups excluding tert-OH is 1. The maximum Gasteiger partial charge on any atom is 0.308 e. The van der Waals surface area contributed by atoms with E-state index >= 15 is 0 Å². The van der Waals surface area contributed by atoms with Gasteiger partial charge in [-0.25, -0.2) is 8.78 Å². The Labute approximate surface area is 110 Å². The van der Waals surface area contributed by atoms with Gasteiger partial charge in [0.15, 0.2) is 0 Å². The first-order valence-electron chi connectivity index (χ1n) is 6.01. The highest BCUT2D eigenvalue weighted by Crippen LogP contribution is 2.09. The smallest absolute Gasteiger partial charge is 0.308 e. The molecule has 19 heavy (non-hydrogen) atoms. The highest BCUT2D eigenvalue weighted by Gasteiger charge is 2.11. The fraction of sp³-hybridized carbons (Fsp3) is 0.462. The van der Waals surface area contributed by atoms with Crippen molar-refractivity contribution in [1.29, 1.82) is 0 Å². The Bertz CT molecular complexity index is 426. The summed E-state index contributed by atoms with van der Waals surface area (Å²) in [5.74, 6) is -1.76. The zero-order valence-corrected chi connectivity index (χ0v) is 10.7. The third-order valence-corrected chi connectivity index (χ3v) is 2.42. The van der Waals surface area contributed by atoms with Crippen LogP contribution < -0.4 is 5.32 Å². The number of rotatable bonds is 7. The number of hydrogen-bond donors (Lipinski definition) is 2. The van der Waals surface area contributed by atoms with Crippen molar-refractivity contribution in [3.05, 3.63) is 35.4 Å². The molecule has 1 aromatic carbocycles. The van der Waals surface area contributed by atoms with E-state index in [1.54, 1.807) is 6.92 Å². The van der Waals surface area contributed by atoms with Gasteiger partial charge in [-0.15, -0.1) is 0 Å². The molecule has 1 unspecified atom stereocenters. The summed E-state index contributed by atoms with van der Waals surface area (Å²) in [6.45, 7) is 2.21. The summed E-state index contributed by atoms with van der Waals surface area (Å²) in [4.78, 5) is 11.1. The highest BCUT2D eigenvalue weighted by molar-refractivity contribution is 5.69. The largest absolute Gasteiger partial charge is 0.466 e. The Morgan fingerprint density at radius 3 is 2.84 bits per heavy atom. The molecule has 0 radical (unpaired) electrons. The topological polar surface area (TPSA) is 58.6 Å². The quantitative estimate of drug-likeness (QED) is 0.737. The van der Waals surface area contributed by atoms with Gasteiger partial charge < -0.3 is 15.2 Å². The van der Waals surface area contributed by atoms with Gasteiger partial charge in [0.25, 0.3) is 0 Å². The molecular weight excluding hydrogens is 256 g/mol. The van der Waals surface area contributed by atoms with Gasteiger partial charge in [-0.3, -0.25) is 4.79 Å². The zero-order valence-electron chi connectivity index (χ0n) is 10.7. The molecule has 0 fully saturated rings. The van der Waals surface area contributed by atoms with Crippen LogP contribution in [0.5, 0.6) is 0 Å². The molecule has 1 rings (SSSR count). The van der Waals surface area contributed by atoms with Gasteiger partial charge in [0.2, 0.25) is 0 Å². The Balaban J connectivity index is 2.31. The molecule has 6 heteroatoms. The van der Waals surface area contributed by atoms with Crippen LogP contribution in [0.25, 0.3) is 0 Å². The van der Waals surface area contributed by atoms with E-state index in [0.717, 1.165) is 12.1 Å². The second-order valence-corrected chi connectivity index (χ2v) is 4.03. The van der Waals surface area contributed by atoms with Gasteiger partial charge in [-0.05, 0) is 13.0 Å². The molecule has 0 aliphatic rings. The lowest BCUT2D eigenvalue weighted by Gasteiger charge is -2.11. The summed E-state index contributed by atoms with van der Waals surface area (Å²) in [5.41, 5.74) is 0.296. The number of carbonyl (C=O) groups is 1. The minimum Gasteiger partial charge on any atom is -0.466 e. The van der Waals surface area contributed by atoms with E-state index < -0.39 is 23.7 Å². The third kappa shape index (κ3) is 5.76. The summed E-state index contributed by atoms with van der Waals surface area (Å²) < 4.78 is 30.6. The van der Waals surface area contributed by atoms with Crippen LogP contribution in [0.15, 0.2) is 18.2 Å². The number of carbonyl (C=O) groups excluding carboxylic acids is 1. The van der Waals surface area contributed by atoms with Crippen LogP contribution >= 0.6 is 0 Å². The van der Waals surface area contributed by atoms with Crippen molar-refractivity contribution in [3.63, 3.8) is 0 Å². The molecule has 0 saturated carbocycles. The number of nitrogens with one attached hydrogen (secondary N) is 1. The van der Waals surface area contributed by atoms with Crippen LogP contribution in [0.4, 0.5) is 8.78 Å². The van der Waals surface area contributed by atoms with E-state index in [0.29, 0.717) is 5.56 Å². The van der Waals surface area contributed by atoms with Crippen LogP contribution in [-0.2, 0) is 16.1 Å². The molecule has 4 nitrogen and oxygen atoms in total. The molecule has 0 spiro atoms. The highest BCUT2D eigenvalue weighted by atomic mass is 19.1. The van der Waals surface area contributed by atoms with Crippen molar-refractivity contribution >= 4 is 5.97 Å². The first-order valence-corrected chi connectivity index (χ1v) is 6.01. The second kappa shape index (κ2) is 7.81. The summed E-state index contributed by atoms with van der Waals surface area (Å²) >= 11 is 0. The molecular formula is C13H17F2NO3. The lowest BCUT2D eigenvalue weighted by Crippen LogP contribution is -2.29. The second-order valence-electron chi connectivity index (χ2n) is 4.03.